The summed E-state index contributed by atoms with van der Waals surface area (Å²) in [6.07, 6.45) is 1.69. The summed E-state index contributed by atoms with van der Waals surface area (Å²) >= 11 is 6.32. The minimum Gasteiger partial charge on any atom is -0.497 e. The summed E-state index contributed by atoms with van der Waals surface area (Å²) in [5.41, 5.74) is 3.93. The molecule has 2 amide bonds. The van der Waals surface area contributed by atoms with Crippen LogP contribution in [0.2, 0.25) is 0 Å². The second-order valence-electron chi connectivity index (χ2n) is 7.02. The molecule has 2 heterocycles. The molecule has 0 atom stereocenters. The van der Waals surface area contributed by atoms with E-state index in [0.717, 1.165) is 33.3 Å². The summed E-state index contributed by atoms with van der Waals surface area (Å²) in [5.74, 6) is 0.0479. The molecule has 0 saturated carbocycles. The summed E-state index contributed by atoms with van der Waals surface area (Å²) < 4.78 is 16.0. The highest BCUT2D eigenvalue weighted by Gasteiger charge is 2.33. The molecule has 1 saturated heterocycles. The minimum absolute atomic E-state index is 0.205. The lowest BCUT2D eigenvalue weighted by atomic mass is 10.1. The number of thiocarbonyl (C=S) groups is 1. The lowest BCUT2D eigenvalue weighted by Gasteiger charge is -2.16. The van der Waals surface area contributed by atoms with Gasteiger partial charge in [0.1, 0.15) is 17.1 Å². The molecule has 0 spiro atoms. The zero-order valence-electron chi connectivity index (χ0n) is 17.6. The van der Waals surface area contributed by atoms with Gasteiger partial charge in [-0.15, -0.1) is 0 Å². The molecule has 8 nitrogen and oxygen atoms in total. The van der Waals surface area contributed by atoms with Gasteiger partial charge in [-0.3, -0.25) is 15.0 Å². The lowest BCUT2D eigenvalue weighted by molar-refractivity contribution is -0.134. The highest BCUT2D eigenvalue weighted by atomic mass is 32.2. The van der Waals surface area contributed by atoms with Gasteiger partial charge in [0, 0.05) is 17.5 Å². The van der Waals surface area contributed by atoms with E-state index < -0.39 is 17.4 Å². The van der Waals surface area contributed by atoms with E-state index >= 15 is 0 Å². The number of aryl methyl sites for hydroxylation is 1. The van der Waals surface area contributed by atoms with Gasteiger partial charge in [-0.2, -0.15) is 5.01 Å². The topological polar surface area (TPSA) is 98.1 Å². The predicted octanol–water partition coefficient (Wildman–Crippen LogP) is 3.42. The van der Waals surface area contributed by atoms with Crippen molar-refractivity contribution >= 4 is 57.2 Å². The van der Waals surface area contributed by atoms with Crippen LogP contribution in [0.3, 0.4) is 0 Å². The van der Waals surface area contributed by atoms with Gasteiger partial charge in [-0.1, -0.05) is 23.9 Å². The van der Waals surface area contributed by atoms with Crippen molar-refractivity contribution in [1.82, 2.24) is 10.4 Å². The SMILES string of the molecule is COc1ccc(/C=C2/SC(=S)N(NC(=O)COc3ccc4c(C)cc(=O)oc4c3)C2=O)cc1. The number of nitrogens with one attached hydrogen (secondary N) is 1. The molecule has 1 N–H and O–H groups in total. The summed E-state index contributed by atoms with van der Waals surface area (Å²) in [4.78, 5) is 37.0. The van der Waals surface area contributed by atoms with Crippen LogP contribution in [0.25, 0.3) is 17.0 Å². The Bertz CT molecular complexity index is 1350. The molecule has 33 heavy (non-hydrogen) atoms. The number of hydrogen-bond donors (Lipinski definition) is 1. The van der Waals surface area contributed by atoms with Crippen molar-refractivity contribution < 1.29 is 23.5 Å². The molecule has 0 unspecified atom stereocenters. The van der Waals surface area contributed by atoms with Crippen LogP contribution in [0.5, 0.6) is 11.5 Å². The normalized spacial score (nSPS) is 14.7. The van der Waals surface area contributed by atoms with Crippen LogP contribution < -0.4 is 20.5 Å². The van der Waals surface area contributed by atoms with Crippen LogP contribution in [0.4, 0.5) is 0 Å². The van der Waals surface area contributed by atoms with Crippen molar-refractivity contribution in [3.8, 4) is 11.5 Å². The molecular weight excluding hydrogens is 464 g/mol. The minimum atomic E-state index is -0.567. The maximum atomic E-state index is 12.7. The zero-order valence-corrected chi connectivity index (χ0v) is 19.2. The van der Waals surface area contributed by atoms with Gasteiger partial charge in [0.05, 0.1) is 12.0 Å². The van der Waals surface area contributed by atoms with Crippen molar-refractivity contribution in [1.29, 1.82) is 0 Å². The Labute approximate surface area is 198 Å². The number of hydrazine groups is 1. The van der Waals surface area contributed by atoms with E-state index in [4.69, 9.17) is 26.1 Å². The van der Waals surface area contributed by atoms with E-state index in [-0.39, 0.29) is 10.9 Å². The van der Waals surface area contributed by atoms with Gasteiger partial charge in [-0.25, -0.2) is 4.79 Å². The molecular formula is C23H18N2O6S2. The third kappa shape index (κ3) is 5.07. The first-order valence-electron chi connectivity index (χ1n) is 9.73. The van der Waals surface area contributed by atoms with E-state index in [1.54, 1.807) is 44.4 Å². The molecule has 4 rings (SSSR count). The quantitative estimate of drug-likeness (QED) is 0.324. The van der Waals surface area contributed by atoms with Gasteiger partial charge in [0.15, 0.2) is 10.9 Å². The number of benzene rings is 2. The molecule has 0 aliphatic carbocycles. The second-order valence-corrected chi connectivity index (χ2v) is 8.70. The van der Waals surface area contributed by atoms with Crippen LogP contribution in [0.1, 0.15) is 11.1 Å². The van der Waals surface area contributed by atoms with Crippen LogP contribution in [-0.4, -0.2) is 34.9 Å². The van der Waals surface area contributed by atoms with Crippen molar-refractivity contribution in [2.75, 3.05) is 13.7 Å². The van der Waals surface area contributed by atoms with E-state index in [1.807, 2.05) is 12.1 Å². The average Bonchev–Trinajstić information content (AvgIpc) is 3.05. The van der Waals surface area contributed by atoms with Crippen LogP contribution in [0, 0.1) is 6.92 Å². The third-order valence-corrected chi connectivity index (χ3v) is 6.04. The number of fused-ring (bicyclic) bond motifs is 1. The van der Waals surface area contributed by atoms with Crippen molar-refractivity contribution in [2.24, 2.45) is 0 Å². The first-order valence-corrected chi connectivity index (χ1v) is 11.0. The van der Waals surface area contributed by atoms with Gasteiger partial charge < -0.3 is 13.9 Å². The number of carbonyl (C=O) groups excluding carboxylic acids is 2. The summed E-state index contributed by atoms with van der Waals surface area (Å²) in [5, 5.41) is 1.79. The predicted molar refractivity (Wildman–Crippen MR) is 129 cm³/mol. The van der Waals surface area contributed by atoms with E-state index in [9.17, 15) is 14.4 Å². The molecule has 3 aromatic rings. The smallest absolute Gasteiger partial charge is 0.336 e. The number of methoxy groups -OCH3 is 1. The highest BCUT2D eigenvalue weighted by molar-refractivity contribution is 8.26. The Morgan fingerprint density at radius 2 is 1.88 bits per heavy atom. The number of hydrogen-bond acceptors (Lipinski definition) is 8. The molecule has 1 aromatic heterocycles. The largest absolute Gasteiger partial charge is 0.497 e. The Balaban J connectivity index is 1.39. The number of amides is 2. The Hall–Kier alpha value is -3.63. The standard InChI is InChI=1S/C23H18N2O6S2/c1-13-9-21(27)31-18-11-16(7-8-17(13)18)30-12-20(26)24-25-22(28)19(33-23(25)32)10-14-3-5-15(29-2)6-4-14/h3-11H,12H2,1-2H3,(H,24,26)/b19-10+. The molecule has 0 bridgehead atoms. The molecule has 10 heteroatoms. The Morgan fingerprint density at radius 3 is 2.61 bits per heavy atom. The third-order valence-electron chi connectivity index (χ3n) is 4.74. The number of ether oxygens (including phenoxy) is 2. The second kappa shape index (κ2) is 9.47. The molecule has 2 aromatic carbocycles. The van der Waals surface area contributed by atoms with Crippen molar-refractivity contribution in [3.05, 3.63) is 75.0 Å². The molecule has 1 aliphatic heterocycles. The van der Waals surface area contributed by atoms with Gasteiger partial charge in [0.2, 0.25) is 0 Å². The van der Waals surface area contributed by atoms with Crippen molar-refractivity contribution in [3.63, 3.8) is 0 Å². The zero-order chi connectivity index (χ0) is 23.5. The fourth-order valence-corrected chi connectivity index (χ4v) is 4.30. The fourth-order valence-electron chi connectivity index (χ4n) is 3.12. The molecule has 1 fully saturated rings. The highest BCUT2D eigenvalue weighted by Crippen LogP contribution is 2.31. The Kier molecular flexibility index (Phi) is 6.47. The van der Waals surface area contributed by atoms with Crippen LogP contribution in [-0.2, 0) is 9.59 Å². The van der Waals surface area contributed by atoms with Gasteiger partial charge >= 0.3 is 5.63 Å². The molecule has 168 valence electrons. The van der Waals surface area contributed by atoms with Crippen LogP contribution in [0.15, 0.2) is 62.6 Å². The molecule has 0 radical (unpaired) electrons. The maximum Gasteiger partial charge on any atom is 0.336 e. The summed E-state index contributed by atoms with van der Waals surface area (Å²) in [6, 6.07) is 13.5. The number of nitrogens with zero attached hydrogens (tertiary/aromatic N) is 1. The van der Waals surface area contributed by atoms with E-state index in [0.29, 0.717) is 22.0 Å². The summed E-state index contributed by atoms with van der Waals surface area (Å²) in [6.45, 7) is 1.44. The number of rotatable bonds is 6. The lowest BCUT2D eigenvalue weighted by Crippen LogP contribution is -2.46. The molecule has 1 aliphatic rings. The monoisotopic (exact) mass is 482 g/mol. The van der Waals surface area contributed by atoms with E-state index in [1.165, 1.54) is 12.1 Å². The number of thioether (sulfide) groups is 1. The van der Waals surface area contributed by atoms with Gasteiger partial charge in [-0.05, 0) is 60.6 Å². The van der Waals surface area contributed by atoms with E-state index in [2.05, 4.69) is 5.43 Å². The maximum absolute atomic E-state index is 12.7. The average molecular weight is 483 g/mol. The first kappa shape index (κ1) is 22.6. The number of carbonyl (C=O) groups is 2. The van der Waals surface area contributed by atoms with Crippen LogP contribution >= 0.6 is 24.0 Å². The van der Waals surface area contributed by atoms with Gasteiger partial charge in [0.25, 0.3) is 11.8 Å². The summed E-state index contributed by atoms with van der Waals surface area (Å²) in [7, 11) is 1.57. The fraction of sp³-hybridized carbons (Fsp3) is 0.130. The van der Waals surface area contributed by atoms with Crippen molar-refractivity contribution in [2.45, 2.75) is 6.92 Å². The first-order chi connectivity index (χ1) is 15.8. The Morgan fingerprint density at radius 1 is 1.15 bits per heavy atom.